The molecule has 0 aliphatic heterocycles. The van der Waals surface area contributed by atoms with Gasteiger partial charge in [-0.25, -0.2) is 0 Å². The fraction of sp³-hybridized carbons (Fsp3) is 0.462. The van der Waals surface area contributed by atoms with Crippen molar-refractivity contribution in [2.45, 2.75) is 20.8 Å². The summed E-state index contributed by atoms with van der Waals surface area (Å²) in [5.74, 6) is 0. The van der Waals surface area contributed by atoms with E-state index >= 15 is 0 Å². The van der Waals surface area contributed by atoms with Crippen LogP contribution in [0.2, 0.25) is 0 Å². The Morgan fingerprint density at radius 2 is 1.88 bits per heavy atom. The number of nitrogens with zero attached hydrogens (tertiary/aromatic N) is 2. The molecule has 3 heteroatoms. The molecule has 0 fully saturated rings. The predicted molar refractivity (Wildman–Crippen MR) is 69.2 cm³/mol. The third-order valence-electron chi connectivity index (χ3n) is 2.63. The summed E-state index contributed by atoms with van der Waals surface area (Å²) < 4.78 is 0. The monoisotopic (exact) mass is 220 g/mol. The molecule has 0 aliphatic rings. The lowest BCUT2D eigenvalue weighted by Crippen LogP contribution is -2.23. The Hall–Kier alpha value is -1.51. The first-order valence-electron chi connectivity index (χ1n) is 5.66. The third-order valence-corrected chi connectivity index (χ3v) is 2.63. The summed E-state index contributed by atoms with van der Waals surface area (Å²) in [6.07, 6.45) is 0. The van der Waals surface area contributed by atoms with Gasteiger partial charge < -0.3 is 9.74 Å². The Bertz CT molecular complexity index is 357. The highest BCUT2D eigenvalue weighted by atomic mass is 16.6. The minimum absolute atomic E-state index is 0.907. The van der Waals surface area contributed by atoms with Gasteiger partial charge in [0, 0.05) is 24.3 Å². The maximum Gasteiger partial charge on any atom is 0.106 e. The van der Waals surface area contributed by atoms with Crippen LogP contribution in [0.1, 0.15) is 26.3 Å². The molecular weight excluding hydrogens is 200 g/mol. The summed E-state index contributed by atoms with van der Waals surface area (Å²) in [6, 6.07) is 8.27. The fourth-order valence-corrected chi connectivity index (χ4v) is 1.81. The third kappa shape index (κ3) is 2.75. The van der Waals surface area contributed by atoms with Gasteiger partial charge in [0.2, 0.25) is 0 Å². The summed E-state index contributed by atoms with van der Waals surface area (Å²) in [7, 11) is 1.57. The van der Waals surface area contributed by atoms with Crippen LogP contribution in [-0.4, -0.2) is 25.9 Å². The van der Waals surface area contributed by atoms with Crippen molar-refractivity contribution in [2.75, 3.05) is 25.1 Å². The van der Waals surface area contributed by atoms with Crippen molar-refractivity contribution < 1.29 is 4.84 Å². The zero-order chi connectivity index (χ0) is 12.0. The van der Waals surface area contributed by atoms with Gasteiger partial charge in [0.25, 0.3) is 0 Å². The first-order valence-corrected chi connectivity index (χ1v) is 5.66. The van der Waals surface area contributed by atoms with E-state index in [1.807, 2.05) is 13.0 Å². The van der Waals surface area contributed by atoms with Crippen molar-refractivity contribution in [1.29, 1.82) is 0 Å². The second-order valence-corrected chi connectivity index (χ2v) is 3.55. The average Bonchev–Trinajstić information content (AvgIpc) is 2.31. The molecule has 0 bridgehead atoms. The van der Waals surface area contributed by atoms with Gasteiger partial charge in [0.05, 0.1) is 5.71 Å². The summed E-state index contributed by atoms with van der Waals surface area (Å²) in [5, 5.41) is 4.00. The summed E-state index contributed by atoms with van der Waals surface area (Å²) in [6.45, 7) is 8.26. The molecule has 0 spiro atoms. The molecule has 0 radical (unpaired) electrons. The number of benzene rings is 1. The number of oxime groups is 1. The Morgan fingerprint density at radius 1 is 1.25 bits per heavy atom. The molecule has 1 rings (SSSR count). The van der Waals surface area contributed by atoms with E-state index in [9.17, 15) is 0 Å². The largest absolute Gasteiger partial charge is 0.399 e. The van der Waals surface area contributed by atoms with Crippen molar-refractivity contribution in [3.05, 3.63) is 29.8 Å². The maximum atomic E-state index is 4.83. The van der Waals surface area contributed by atoms with Gasteiger partial charge in [0.15, 0.2) is 0 Å². The molecule has 16 heavy (non-hydrogen) atoms. The topological polar surface area (TPSA) is 24.8 Å². The molecule has 0 unspecified atom stereocenters. The van der Waals surface area contributed by atoms with Crippen molar-refractivity contribution in [2.24, 2.45) is 5.16 Å². The van der Waals surface area contributed by atoms with Gasteiger partial charge in [-0.3, -0.25) is 0 Å². The molecule has 3 nitrogen and oxygen atoms in total. The van der Waals surface area contributed by atoms with E-state index < -0.39 is 0 Å². The Labute approximate surface area is 97.7 Å². The Morgan fingerprint density at radius 3 is 2.44 bits per heavy atom. The zero-order valence-electron chi connectivity index (χ0n) is 10.5. The fourth-order valence-electron chi connectivity index (χ4n) is 1.81. The second kappa shape index (κ2) is 6.16. The van der Waals surface area contributed by atoms with Crippen LogP contribution in [0.15, 0.2) is 29.4 Å². The van der Waals surface area contributed by atoms with Crippen LogP contribution in [0, 0.1) is 0 Å². The summed E-state index contributed by atoms with van der Waals surface area (Å²) >= 11 is 0. The maximum absolute atomic E-state index is 4.83. The summed E-state index contributed by atoms with van der Waals surface area (Å²) in [5.41, 5.74) is 3.25. The van der Waals surface area contributed by atoms with Crippen molar-refractivity contribution in [3.8, 4) is 0 Å². The molecule has 0 aromatic heterocycles. The molecule has 0 aliphatic carbocycles. The molecule has 88 valence electrons. The lowest BCUT2D eigenvalue weighted by atomic mass is 10.1. The average molecular weight is 220 g/mol. The SMILES string of the molecule is CCN(CC)c1ccccc1/C(C)=N/OC. The molecule has 0 atom stereocenters. The molecule has 1 aromatic rings. The minimum atomic E-state index is 0.907. The van der Waals surface area contributed by atoms with Crippen LogP contribution in [0.3, 0.4) is 0 Å². The Kier molecular flexibility index (Phi) is 4.83. The van der Waals surface area contributed by atoms with Crippen LogP contribution < -0.4 is 4.90 Å². The van der Waals surface area contributed by atoms with E-state index in [1.54, 1.807) is 7.11 Å². The van der Waals surface area contributed by atoms with Crippen molar-refractivity contribution in [3.63, 3.8) is 0 Å². The number of rotatable bonds is 5. The summed E-state index contributed by atoms with van der Waals surface area (Å²) in [4.78, 5) is 7.14. The Balaban J connectivity index is 3.13. The normalized spacial score (nSPS) is 11.4. The van der Waals surface area contributed by atoms with E-state index in [4.69, 9.17) is 4.84 Å². The predicted octanol–water partition coefficient (Wildman–Crippen LogP) is 2.90. The quantitative estimate of drug-likeness (QED) is 0.563. The first-order chi connectivity index (χ1) is 7.74. The van der Waals surface area contributed by atoms with Crippen LogP contribution in [0.25, 0.3) is 0 Å². The van der Waals surface area contributed by atoms with Crippen molar-refractivity contribution >= 4 is 11.4 Å². The zero-order valence-corrected chi connectivity index (χ0v) is 10.5. The highest BCUT2D eigenvalue weighted by Gasteiger charge is 2.09. The molecular formula is C13H20N2O. The van der Waals surface area contributed by atoms with Crippen LogP contribution in [0.4, 0.5) is 5.69 Å². The molecule has 0 saturated carbocycles. The number of hydrogen-bond acceptors (Lipinski definition) is 3. The number of para-hydroxylation sites is 1. The van der Waals surface area contributed by atoms with Crippen LogP contribution in [-0.2, 0) is 4.84 Å². The smallest absolute Gasteiger partial charge is 0.106 e. The van der Waals surface area contributed by atoms with E-state index in [1.165, 1.54) is 5.69 Å². The van der Waals surface area contributed by atoms with Gasteiger partial charge in [-0.2, -0.15) is 0 Å². The minimum Gasteiger partial charge on any atom is -0.399 e. The lowest BCUT2D eigenvalue weighted by Gasteiger charge is -2.23. The van der Waals surface area contributed by atoms with E-state index in [0.717, 1.165) is 24.4 Å². The molecule has 0 amide bonds. The lowest BCUT2D eigenvalue weighted by molar-refractivity contribution is 0.213. The standard InChI is InChI=1S/C13H20N2O/c1-5-15(6-2)13-10-8-7-9-12(13)11(3)14-16-4/h7-10H,5-6H2,1-4H3/b14-11+. The molecule has 1 aromatic carbocycles. The molecule has 0 saturated heterocycles. The molecule has 0 N–H and O–H groups in total. The van der Waals surface area contributed by atoms with E-state index in [0.29, 0.717) is 0 Å². The van der Waals surface area contributed by atoms with Crippen LogP contribution in [0.5, 0.6) is 0 Å². The van der Waals surface area contributed by atoms with Gasteiger partial charge >= 0.3 is 0 Å². The molecule has 0 heterocycles. The number of anilines is 1. The van der Waals surface area contributed by atoms with Crippen molar-refractivity contribution in [1.82, 2.24) is 0 Å². The highest BCUT2D eigenvalue weighted by molar-refractivity contribution is 6.03. The van der Waals surface area contributed by atoms with E-state index in [2.05, 4.69) is 42.1 Å². The van der Waals surface area contributed by atoms with Gasteiger partial charge in [0.1, 0.15) is 7.11 Å². The highest BCUT2D eigenvalue weighted by Crippen LogP contribution is 2.20. The van der Waals surface area contributed by atoms with Gasteiger partial charge in [-0.1, -0.05) is 23.4 Å². The van der Waals surface area contributed by atoms with E-state index in [-0.39, 0.29) is 0 Å². The van der Waals surface area contributed by atoms with Crippen LogP contribution >= 0.6 is 0 Å². The van der Waals surface area contributed by atoms with Gasteiger partial charge in [-0.15, -0.1) is 0 Å². The first kappa shape index (κ1) is 12.6. The second-order valence-electron chi connectivity index (χ2n) is 3.55. The number of hydrogen-bond donors (Lipinski definition) is 0. The van der Waals surface area contributed by atoms with Gasteiger partial charge in [-0.05, 0) is 26.8 Å².